The van der Waals surface area contributed by atoms with E-state index in [1.165, 1.54) is 18.4 Å². The fraction of sp³-hybridized carbons (Fsp3) is 0.222. The van der Waals surface area contributed by atoms with Gasteiger partial charge in [-0.1, -0.05) is 47.5 Å². The molecule has 1 aliphatic rings. The average Bonchev–Trinajstić information content (AvgIpc) is 3.19. The van der Waals surface area contributed by atoms with Crippen molar-refractivity contribution in [2.24, 2.45) is 5.10 Å². The minimum Gasteiger partial charge on any atom is -0.298 e. The summed E-state index contributed by atoms with van der Waals surface area (Å²) in [6.07, 6.45) is 11.2. The molecular weight excluding hydrogens is 460 g/mol. The Kier molecular flexibility index (Phi) is 5.62. The minimum atomic E-state index is -0.127. The second-order valence-corrected chi connectivity index (χ2v) is 9.23. The maximum atomic E-state index is 13.6. The van der Waals surface area contributed by atoms with E-state index >= 15 is 0 Å². The molecule has 0 N–H and O–H groups in total. The predicted molar refractivity (Wildman–Crippen MR) is 140 cm³/mol. The summed E-state index contributed by atoms with van der Waals surface area (Å²) in [7, 11) is 0. The molecule has 0 aliphatic heterocycles. The second kappa shape index (κ2) is 9.07. The number of benzene rings is 2. The van der Waals surface area contributed by atoms with Gasteiger partial charge in [0.15, 0.2) is 11.3 Å². The fourth-order valence-electron chi connectivity index (χ4n) is 4.63. The van der Waals surface area contributed by atoms with Crippen molar-refractivity contribution in [1.29, 1.82) is 0 Å². The fourth-order valence-corrected chi connectivity index (χ4v) is 4.83. The number of fused-ring (bicyclic) bond motifs is 4. The lowest BCUT2D eigenvalue weighted by Crippen LogP contribution is -2.21. The van der Waals surface area contributed by atoms with Crippen molar-refractivity contribution in [2.75, 3.05) is 0 Å². The minimum absolute atomic E-state index is 0.127. The highest BCUT2D eigenvalue weighted by molar-refractivity contribution is 6.30. The summed E-state index contributed by atoms with van der Waals surface area (Å²) < 4.78 is 3.28. The molecule has 0 unspecified atom stereocenters. The van der Waals surface area contributed by atoms with E-state index in [-0.39, 0.29) is 5.56 Å². The Hall–Kier alpha value is -3.84. The highest BCUT2D eigenvalue weighted by Crippen LogP contribution is 2.25. The van der Waals surface area contributed by atoms with E-state index in [0.717, 1.165) is 35.9 Å². The molecule has 0 saturated carbocycles. The number of para-hydroxylation sites is 2. The number of hydrogen-bond acceptors (Lipinski definition) is 5. The van der Waals surface area contributed by atoms with Gasteiger partial charge in [0.25, 0.3) is 5.56 Å². The van der Waals surface area contributed by atoms with Crippen LogP contribution < -0.4 is 5.56 Å². The standard InChI is InChI=1S/C27H23ClN6O/c28-20-10-6-9-19(15-20)16-30-34-25-23(24-26(34)32-22-12-5-4-11-21(22)31-24)27(35)33(17-29-25)14-13-18-7-2-1-3-8-18/h4-7,9-12,15-17H,1-3,8,13-14H2/b30-16-. The molecule has 5 aromatic rings. The molecule has 0 fully saturated rings. The van der Waals surface area contributed by atoms with Crippen LogP contribution in [0.2, 0.25) is 5.02 Å². The largest absolute Gasteiger partial charge is 0.298 e. The zero-order valence-corrected chi connectivity index (χ0v) is 19.8. The van der Waals surface area contributed by atoms with Gasteiger partial charge in [-0.25, -0.2) is 15.0 Å². The van der Waals surface area contributed by atoms with Crippen LogP contribution in [0.3, 0.4) is 0 Å². The number of aryl methyl sites for hydroxylation is 1. The lowest BCUT2D eigenvalue weighted by molar-refractivity contribution is 0.610. The van der Waals surface area contributed by atoms with Crippen LogP contribution in [0.25, 0.3) is 33.2 Å². The number of hydrogen-bond donors (Lipinski definition) is 0. The van der Waals surface area contributed by atoms with E-state index in [4.69, 9.17) is 21.6 Å². The summed E-state index contributed by atoms with van der Waals surface area (Å²) in [5, 5.41) is 5.70. The first-order chi connectivity index (χ1) is 17.2. The Morgan fingerprint density at radius 1 is 1.03 bits per heavy atom. The van der Waals surface area contributed by atoms with Gasteiger partial charge in [-0.05, 0) is 61.9 Å². The van der Waals surface area contributed by atoms with E-state index in [1.54, 1.807) is 21.8 Å². The van der Waals surface area contributed by atoms with Crippen molar-refractivity contribution in [3.63, 3.8) is 0 Å². The van der Waals surface area contributed by atoms with Crippen LogP contribution in [0.4, 0.5) is 0 Å². The quantitative estimate of drug-likeness (QED) is 0.237. The van der Waals surface area contributed by atoms with Crippen LogP contribution in [0.5, 0.6) is 0 Å². The molecule has 6 rings (SSSR count). The summed E-state index contributed by atoms with van der Waals surface area (Å²) in [5.41, 5.74) is 5.01. The first-order valence-corrected chi connectivity index (χ1v) is 12.2. The van der Waals surface area contributed by atoms with Gasteiger partial charge in [-0.15, -0.1) is 0 Å². The molecular formula is C27H23ClN6O. The molecule has 0 spiro atoms. The molecule has 7 nitrogen and oxygen atoms in total. The van der Waals surface area contributed by atoms with Crippen LogP contribution in [0.1, 0.15) is 37.7 Å². The van der Waals surface area contributed by atoms with Crippen molar-refractivity contribution in [3.8, 4) is 0 Å². The third kappa shape index (κ3) is 4.12. The summed E-state index contributed by atoms with van der Waals surface area (Å²) in [4.78, 5) is 27.9. The lowest BCUT2D eigenvalue weighted by Gasteiger charge is -2.13. The Bertz CT molecular complexity index is 1700. The van der Waals surface area contributed by atoms with Crippen LogP contribution in [0, 0.1) is 0 Å². The molecule has 8 heteroatoms. The third-order valence-corrected chi connectivity index (χ3v) is 6.67. The summed E-state index contributed by atoms with van der Waals surface area (Å²) in [5.74, 6) is 0. The van der Waals surface area contributed by atoms with Gasteiger partial charge >= 0.3 is 0 Å². The van der Waals surface area contributed by atoms with Crippen molar-refractivity contribution < 1.29 is 0 Å². The van der Waals surface area contributed by atoms with Crippen LogP contribution in [-0.4, -0.2) is 30.4 Å². The second-order valence-electron chi connectivity index (χ2n) is 8.80. The monoisotopic (exact) mass is 482 g/mol. The predicted octanol–water partition coefficient (Wildman–Crippen LogP) is 5.72. The van der Waals surface area contributed by atoms with E-state index in [9.17, 15) is 4.79 Å². The highest BCUT2D eigenvalue weighted by Gasteiger charge is 2.20. The maximum Gasteiger partial charge on any atom is 0.265 e. The van der Waals surface area contributed by atoms with Crippen LogP contribution in [0.15, 0.2) is 76.4 Å². The molecule has 0 radical (unpaired) electrons. The van der Waals surface area contributed by atoms with E-state index in [1.807, 2.05) is 48.5 Å². The number of aromatic nitrogens is 5. The Morgan fingerprint density at radius 3 is 2.69 bits per heavy atom. The van der Waals surface area contributed by atoms with Gasteiger partial charge in [-0.2, -0.15) is 9.78 Å². The topological polar surface area (TPSA) is 78.0 Å². The molecule has 2 aromatic carbocycles. The maximum absolute atomic E-state index is 13.6. The van der Waals surface area contributed by atoms with E-state index in [0.29, 0.717) is 33.8 Å². The van der Waals surface area contributed by atoms with Gasteiger partial charge in [0.05, 0.1) is 23.6 Å². The molecule has 0 bridgehead atoms. The first kappa shape index (κ1) is 21.7. The van der Waals surface area contributed by atoms with Crippen molar-refractivity contribution >= 4 is 51.0 Å². The highest BCUT2D eigenvalue weighted by atomic mass is 35.5. The molecule has 0 atom stereocenters. The molecule has 3 aromatic heterocycles. The zero-order chi connectivity index (χ0) is 23.8. The summed E-state index contributed by atoms with van der Waals surface area (Å²) in [6.45, 7) is 0.590. The smallest absolute Gasteiger partial charge is 0.265 e. The lowest BCUT2D eigenvalue weighted by atomic mass is 9.97. The average molecular weight is 483 g/mol. The SMILES string of the molecule is O=c1c2c3nc4ccccc4nc3n(/N=C\c3cccc(Cl)c3)c2ncn1CCC1=CCCCC1. The molecule has 35 heavy (non-hydrogen) atoms. The van der Waals surface area contributed by atoms with Crippen molar-refractivity contribution in [2.45, 2.75) is 38.6 Å². The normalized spacial score (nSPS) is 14.4. The molecule has 3 heterocycles. The van der Waals surface area contributed by atoms with Gasteiger partial charge in [0.2, 0.25) is 0 Å². The first-order valence-electron chi connectivity index (χ1n) is 11.8. The van der Waals surface area contributed by atoms with Gasteiger partial charge in [0, 0.05) is 11.6 Å². The van der Waals surface area contributed by atoms with Gasteiger partial charge < -0.3 is 0 Å². The number of rotatable bonds is 5. The molecule has 1 aliphatic carbocycles. The summed E-state index contributed by atoms with van der Waals surface area (Å²) in [6, 6.07) is 15.0. The molecule has 0 saturated heterocycles. The van der Waals surface area contributed by atoms with E-state index in [2.05, 4.69) is 16.2 Å². The zero-order valence-electron chi connectivity index (χ0n) is 19.1. The Labute approximate surface area is 206 Å². The Balaban J connectivity index is 1.52. The van der Waals surface area contributed by atoms with Crippen molar-refractivity contribution in [3.05, 3.63) is 87.4 Å². The molecule has 0 amide bonds. The number of halogens is 1. The third-order valence-electron chi connectivity index (χ3n) is 6.44. The van der Waals surface area contributed by atoms with Crippen LogP contribution in [-0.2, 0) is 6.54 Å². The number of allylic oxidation sites excluding steroid dienone is 2. The van der Waals surface area contributed by atoms with E-state index < -0.39 is 0 Å². The Morgan fingerprint density at radius 2 is 1.89 bits per heavy atom. The van der Waals surface area contributed by atoms with Crippen LogP contribution >= 0.6 is 11.6 Å². The number of nitrogens with zero attached hydrogens (tertiary/aromatic N) is 6. The summed E-state index contributed by atoms with van der Waals surface area (Å²) >= 11 is 6.13. The van der Waals surface area contributed by atoms with Gasteiger partial charge in [0.1, 0.15) is 10.9 Å². The molecule has 174 valence electrons. The van der Waals surface area contributed by atoms with Gasteiger partial charge in [-0.3, -0.25) is 9.36 Å². The van der Waals surface area contributed by atoms with Crippen molar-refractivity contribution in [1.82, 2.24) is 24.2 Å².